The van der Waals surface area contributed by atoms with Crippen molar-refractivity contribution < 1.29 is 0 Å². The van der Waals surface area contributed by atoms with Crippen LogP contribution in [0.25, 0.3) is 100 Å². The number of benzene rings is 8. The van der Waals surface area contributed by atoms with Gasteiger partial charge in [0.25, 0.3) is 0 Å². The van der Waals surface area contributed by atoms with E-state index in [0.29, 0.717) is 5.56 Å². The predicted molar refractivity (Wildman–Crippen MR) is 224 cm³/mol. The van der Waals surface area contributed by atoms with E-state index in [9.17, 15) is 5.26 Å². The first-order valence-electron chi connectivity index (χ1n) is 18.3. The van der Waals surface area contributed by atoms with Gasteiger partial charge in [-0.1, -0.05) is 170 Å². The van der Waals surface area contributed by atoms with E-state index in [-0.39, 0.29) is 0 Å². The molecule has 0 bridgehead atoms. The summed E-state index contributed by atoms with van der Waals surface area (Å²) in [4.78, 5) is 5.26. The summed E-state index contributed by atoms with van der Waals surface area (Å²) >= 11 is 0. The van der Waals surface area contributed by atoms with Gasteiger partial charge in [0.15, 0.2) is 0 Å². The van der Waals surface area contributed by atoms with E-state index < -0.39 is 0 Å². The minimum Gasteiger partial charge on any atom is -0.248 e. The van der Waals surface area contributed by atoms with Crippen LogP contribution in [0.4, 0.5) is 0 Å². The zero-order valence-corrected chi connectivity index (χ0v) is 29.4. The maximum Gasteiger partial charge on any atom is 0.0991 e. The summed E-state index contributed by atoms with van der Waals surface area (Å²) in [5.41, 5.74) is 19.0. The minimum absolute atomic E-state index is 0.659. The smallest absolute Gasteiger partial charge is 0.0991 e. The number of hydrogen-bond acceptors (Lipinski definition) is 2. The molecule has 1 aliphatic carbocycles. The molecule has 0 saturated heterocycles. The summed E-state index contributed by atoms with van der Waals surface area (Å²) in [6, 6.07) is 70.9. The zero-order valence-electron chi connectivity index (χ0n) is 29.4. The van der Waals surface area contributed by atoms with Crippen LogP contribution < -0.4 is 0 Å². The van der Waals surface area contributed by atoms with E-state index in [1.165, 1.54) is 38.6 Å². The number of hydrogen-bond donors (Lipinski definition) is 0. The Labute approximate surface area is 314 Å². The average Bonchev–Trinajstić information content (AvgIpc) is 3.59. The van der Waals surface area contributed by atoms with Crippen molar-refractivity contribution in [3.8, 4) is 95.3 Å². The number of pyridine rings is 1. The highest BCUT2D eigenvalue weighted by Gasteiger charge is 2.25. The molecule has 0 unspecified atom stereocenters. The second-order valence-electron chi connectivity index (χ2n) is 13.8. The standard InChI is InChI=1S/C52H32N2/c53-33-34-19-21-37(22-20-34)42-27-29-47-44-16-8-9-17-45(44)48-30-28-43(51(42)52(47)48)38-25-23-36(24-26-38)41-15-7-10-18-46(41)50-32-40(35-11-3-1-4-12-35)31-49(54-50)39-13-5-2-6-14-39/h1-32H. The molecule has 0 N–H and O–H groups in total. The van der Waals surface area contributed by atoms with Gasteiger partial charge in [-0.3, -0.25) is 0 Å². The van der Waals surface area contributed by atoms with E-state index in [1.807, 2.05) is 18.2 Å². The average molecular weight is 685 g/mol. The van der Waals surface area contributed by atoms with Crippen molar-refractivity contribution in [3.05, 3.63) is 200 Å². The molecule has 0 fully saturated rings. The first kappa shape index (κ1) is 31.4. The van der Waals surface area contributed by atoms with Crippen LogP contribution in [0.3, 0.4) is 0 Å². The molecule has 0 saturated carbocycles. The predicted octanol–water partition coefficient (Wildman–Crippen LogP) is 13.8. The van der Waals surface area contributed by atoms with Crippen LogP contribution in [-0.2, 0) is 0 Å². The fourth-order valence-electron chi connectivity index (χ4n) is 8.11. The van der Waals surface area contributed by atoms with Crippen molar-refractivity contribution in [2.75, 3.05) is 0 Å². The van der Waals surface area contributed by atoms with Crippen LogP contribution in [0, 0.1) is 11.3 Å². The Kier molecular flexibility index (Phi) is 7.57. The molecule has 0 radical (unpaired) electrons. The summed E-state index contributed by atoms with van der Waals surface area (Å²) in [5, 5.41) is 12.0. The van der Waals surface area contributed by atoms with Gasteiger partial charge in [-0.05, 0) is 102 Å². The Morgan fingerprint density at radius 1 is 0.296 bits per heavy atom. The summed E-state index contributed by atoms with van der Waals surface area (Å²) in [7, 11) is 0. The fourth-order valence-corrected chi connectivity index (χ4v) is 8.11. The second-order valence-corrected chi connectivity index (χ2v) is 13.8. The summed E-state index contributed by atoms with van der Waals surface area (Å²) in [6.07, 6.45) is 0. The monoisotopic (exact) mass is 684 g/mol. The normalized spacial score (nSPS) is 11.3. The lowest BCUT2D eigenvalue weighted by atomic mass is 9.87. The van der Waals surface area contributed by atoms with Gasteiger partial charge in [0.1, 0.15) is 0 Å². The Bertz CT molecular complexity index is 2810. The van der Waals surface area contributed by atoms with Crippen molar-refractivity contribution in [1.29, 1.82) is 5.26 Å². The van der Waals surface area contributed by atoms with Crippen LogP contribution in [0.2, 0.25) is 0 Å². The van der Waals surface area contributed by atoms with Crippen LogP contribution in [0.5, 0.6) is 0 Å². The first-order chi connectivity index (χ1) is 26.7. The maximum absolute atomic E-state index is 9.50. The van der Waals surface area contributed by atoms with Crippen LogP contribution in [0.1, 0.15) is 5.56 Å². The molecule has 0 aliphatic heterocycles. The largest absolute Gasteiger partial charge is 0.248 e. The van der Waals surface area contributed by atoms with Gasteiger partial charge < -0.3 is 0 Å². The van der Waals surface area contributed by atoms with Gasteiger partial charge in [0, 0.05) is 11.1 Å². The number of aromatic nitrogens is 1. The van der Waals surface area contributed by atoms with Crippen LogP contribution in [0.15, 0.2) is 194 Å². The highest BCUT2D eigenvalue weighted by Crippen LogP contribution is 2.52. The Morgan fingerprint density at radius 2 is 0.722 bits per heavy atom. The molecule has 2 heteroatoms. The van der Waals surface area contributed by atoms with Gasteiger partial charge in [0.2, 0.25) is 0 Å². The molecule has 1 aliphatic rings. The second kappa shape index (κ2) is 13.0. The van der Waals surface area contributed by atoms with E-state index in [2.05, 4.69) is 182 Å². The summed E-state index contributed by atoms with van der Waals surface area (Å²) < 4.78 is 0. The Morgan fingerprint density at radius 3 is 1.30 bits per heavy atom. The molecule has 0 spiro atoms. The SMILES string of the molecule is N#Cc1ccc(-c2ccc3c4c(ccc(-c5ccc(-c6ccccc6-c6cc(-c7ccccc7)cc(-c7ccccc7)n6)cc5)c24)-c2ccccc2-3)cc1. The molecule has 250 valence electrons. The fraction of sp³-hybridized carbons (Fsp3) is 0. The van der Waals surface area contributed by atoms with E-state index in [0.717, 1.165) is 61.5 Å². The molecule has 0 atom stereocenters. The van der Waals surface area contributed by atoms with Crippen LogP contribution in [-0.4, -0.2) is 4.98 Å². The molecular weight excluding hydrogens is 653 g/mol. The van der Waals surface area contributed by atoms with Gasteiger partial charge in [-0.15, -0.1) is 0 Å². The third-order valence-electron chi connectivity index (χ3n) is 10.7. The minimum atomic E-state index is 0.659. The zero-order chi connectivity index (χ0) is 36.0. The van der Waals surface area contributed by atoms with Crippen molar-refractivity contribution in [1.82, 2.24) is 4.98 Å². The molecule has 0 amide bonds. The lowest BCUT2D eigenvalue weighted by molar-refractivity contribution is 1.32. The Balaban J connectivity index is 1.11. The highest BCUT2D eigenvalue weighted by atomic mass is 14.7. The van der Waals surface area contributed by atoms with Gasteiger partial charge in [-0.25, -0.2) is 4.98 Å². The quantitative estimate of drug-likeness (QED) is 0.175. The molecule has 54 heavy (non-hydrogen) atoms. The molecule has 9 aromatic rings. The molecular formula is C52H32N2. The molecule has 1 heterocycles. The third kappa shape index (κ3) is 5.31. The van der Waals surface area contributed by atoms with E-state index >= 15 is 0 Å². The number of rotatable bonds is 6. The highest BCUT2D eigenvalue weighted by molar-refractivity contribution is 6.22. The molecule has 2 nitrogen and oxygen atoms in total. The molecule has 8 aromatic carbocycles. The van der Waals surface area contributed by atoms with Gasteiger partial charge in [-0.2, -0.15) is 5.26 Å². The lowest BCUT2D eigenvalue weighted by Gasteiger charge is -2.16. The maximum atomic E-state index is 9.50. The van der Waals surface area contributed by atoms with Crippen molar-refractivity contribution >= 4 is 10.8 Å². The molecule has 1 aromatic heterocycles. The van der Waals surface area contributed by atoms with Gasteiger partial charge >= 0.3 is 0 Å². The summed E-state index contributed by atoms with van der Waals surface area (Å²) in [5.74, 6) is 0. The summed E-state index contributed by atoms with van der Waals surface area (Å²) in [6.45, 7) is 0. The number of nitrogens with zero attached hydrogens (tertiary/aromatic N) is 2. The van der Waals surface area contributed by atoms with Crippen molar-refractivity contribution in [2.45, 2.75) is 0 Å². The molecule has 10 rings (SSSR count). The van der Waals surface area contributed by atoms with E-state index in [1.54, 1.807) is 0 Å². The van der Waals surface area contributed by atoms with Crippen LogP contribution >= 0.6 is 0 Å². The first-order valence-corrected chi connectivity index (χ1v) is 18.3. The van der Waals surface area contributed by atoms with Crippen molar-refractivity contribution in [2.24, 2.45) is 0 Å². The van der Waals surface area contributed by atoms with Gasteiger partial charge in [0.05, 0.1) is 23.0 Å². The lowest BCUT2D eigenvalue weighted by Crippen LogP contribution is -1.93. The Hall–Kier alpha value is -7.34. The number of nitriles is 1. The van der Waals surface area contributed by atoms with E-state index in [4.69, 9.17) is 4.98 Å². The van der Waals surface area contributed by atoms with Crippen molar-refractivity contribution in [3.63, 3.8) is 0 Å². The topological polar surface area (TPSA) is 36.7 Å². The third-order valence-corrected chi connectivity index (χ3v) is 10.7. The number of fused-ring (bicyclic) bond motifs is 3.